The number of hydrogen-bond acceptors (Lipinski definition) is 4. The first-order valence-corrected chi connectivity index (χ1v) is 4.32. The standard InChI is InChI=1S/C9H12N2O3/c1-3-14-6(2)8-10-4-7(5-11-8)9(12)13/h4-6H,3H2,1-2H3,(H,12,13). The molecule has 5 heteroatoms. The van der Waals surface area contributed by atoms with E-state index < -0.39 is 5.97 Å². The monoisotopic (exact) mass is 196 g/mol. The number of carbonyl (C=O) groups is 1. The molecule has 0 saturated heterocycles. The van der Waals surface area contributed by atoms with Crippen molar-refractivity contribution in [3.05, 3.63) is 23.8 Å². The third-order valence-electron chi connectivity index (χ3n) is 1.70. The van der Waals surface area contributed by atoms with Crippen LogP contribution >= 0.6 is 0 Å². The SMILES string of the molecule is CCOC(C)c1ncc(C(=O)O)cn1. The maximum atomic E-state index is 10.5. The zero-order chi connectivity index (χ0) is 10.6. The first kappa shape index (κ1) is 10.6. The van der Waals surface area contributed by atoms with Crippen LogP contribution in [0.1, 0.15) is 36.1 Å². The van der Waals surface area contributed by atoms with Gasteiger partial charge in [0.25, 0.3) is 0 Å². The molecule has 1 aromatic heterocycles. The number of hydrogen-bond donors (Lipinski definition) is 1. The van der Waals surface area contributed by atoms with Crippen LogP contribution in [0.3, 0.4) is 0 Å². The predicted molar refractivity (Wildman–Crippen MR) is 49.0 cm³/mol. The summed E-state index contributed by atoms with van der Waals surface area (Å²) >= 11 is 0. The Bertz CT molecular complexity index is 310. The molecule has 0 amide bonds. The summed E-state index contributed by atoms with van der Waals surface area (Å²) in [6.45, 7) is 4.27. The lowest BCUT2D eigenvalue weighted by Crippen LogP contribution is -2.07. The summed E-state index contributed by atoms with van der Waals surface area (Å²) in [4.78, 5) is 18.3. The van der Waals surface area contributed by atoms with Crippen LogP contribution in [-0.4, -0.2) is 27.7 Å². The molecule has 0 radical (unpaired) electrons. The fourth-order valence-corrected chi connectivity index (χ4v) is 0.983. The van der Waals surface area contributed by atoms with Gasteiger partial charge in [0.2, 0.25) is 0 Å². The molecular formula is C9H12N2O3. The molecule has 5 nitrogen and oxygen atoms in total. The zero-order valence-electron chi connectivity index (χ0n) is 8.10. The Kier molecular flexibility index (Phi) is 3.53. The molecule has 1 N–H and O–H groups in total. The van der Waals surface area contributed by atoms with Gasteiger partial charge in [-0.2, -0.15) is 0 Å². The van der Waals surface area contributed by atoms with Gasteiger partial charge >= 0.3 is 5.97 Å². The van der Waals surface area contributed by atoms with Crippen LogP contribution in [-0.2, 0) is 4.74 Å². The highest BCUT2D eigenvalue weighted by atomic mass is 16.5. The van der Waals surface area contributed by atoms with Crippen molar-refractivity contribution in [3.8, 4) is 0 Å². The van der Waals surface area contributed by atoms with E-state index >= 15 is 0 Å². The third kappa shape index (κ3) is 2.50. The van der Waals surface area contributed by atoms with Crippen molar-refractivity contribution < 1.29 is 14.6 Å². The minimum absolute atomic E-state index is 0.0810. The first-order valence-electron chi connectivity index (χ1n) is 4.32. The highest BCUT2D eigenvalue weighted by Crippen LogP contribution is 2.10. The van der Waals surface area contributed by atoms with Crippen molar-refractivity contribution in [2.24, 2.45) is 0 Å². The smallest absolute Gasteiger partial charge is 0.338 e. The lowest BCUT2D eigenvalue weighted by molar-refractivity contribution is 0.0675. The molecule has 1 heterocycles. The Balaban J connectivity index is 2.77. The average Bonchev–Trinajstić information content (AvgIpc) is 2.18. The summed E-state index contributed by atoms with van der Waals surface area (Å²) in [6.07, 6.45) is 2.35. The van der Waals surface area contributed by atoms with Gasteiger partial charge in [-0.1, -0.05) is 0 Å². The third-order valence-corrected chi connectivity index (χ3v) is 1.70. The number of carboxylic acids is 1. The topological polar surface area (TPSA) is 72.3 Å². The normalized spacial score (nSPS) is 12.4. The Morgan fingerprint density at radius 3 is 2.57 bits per heavy atom. The van der Waals surface area contributed by atoms with E-state index in [4.69, 9.17) is 9.84 Å². The van der Waals surface area contributed by atoms with Crippen LogP contribution in [0.5, 0.6) is 0 Å². The van der Waals surface area contributed by atoms with Gasteiger partial charge in [-0.25, -0.2) is 14.8 Å². The lowest BCUT2D eigenvalue weighted by atomic mass is 10.3. The highest BCUT2D eigenvalue weighted by Gasteiger charge is 2.09. The first-order chi connectivity index (χ1) is 6.65. The molecule has 1 aromatic rings. The Morgan fingerprint density at radius 1 is 1.57 bits per heavy atom. The molecule has 0 spiro atoms. The molecule has 76 valence electrons. The van der Waals surface area contributed by atoms with Crippen LogP contribution < -0.4 is 0 Å². The van der Waals surface area contributed by atoms with Crippen LogP contribution in [0.2, 0.25) is 0 Å². The zero-order valence-corrected chi connectivity index (χ0v) is 8.10. The molecule has 0 aromatic carbocycles. The largest absolute Gasteiger partial charge is 0.478 e. The molecule has 1 atom stereocenters. The van der Waals surface area contributed by atoms with Crippen LogP contribution in [0.25, 0.3) is 0 Å². The van der Waals surface area contributed by atoms with Gasteiger partial charge in [-0.15, -0.1) is 0 Å². The molecule has 0 aliphatic heterocycles. The van der Waals surface area contributed by atoms with Crippen molar-refractivity contribution in [3.63, 3.8) is 0 Å². The molecular weight excluding hydrogens is 184 g/mol. The van der Waals surface area contributed by atoms with Gasteiger partial charge in [0.1, 0.15) is 6.10 Å². The fraction of sp³-hybridized carbons (Fsp3) is 0.444. The number of nitrogens with zero attached hydrogens (tertiary/aromatic N) is 2. The highest BCUT2D eigenvalue weighted by molar-refractivity contribution is 5.86. The van der Waals surface area contributed by atoms with E-state index in [2.05, 4.69) is 9.97 Å². The van der Waals surface area contributed by atoms with Gasteiger partial charge in [0, 0.05) is 19.0 Å². The average molecular weight is 196 g/mol. The van der Waals surface area contributed by atoms with Gasteiger partial charge in [-0.05, 0) is 13.8 Å². The fourth-order valence-electron chi connectivity index (χ4n) is 0.983. The summed E-state index contributed by atoms with van der Waals surface area (Å²) in [7, 11) is 0. The minimum Gasteiger partial charge on any atom is -0.478 e. The van der Waals surface area contributed by atoms with E-state index in [1.54, 1.807) is 0 Å². The second kappa shape index (κ2) is 4.66. The molecule has 1 rings (SSSR count). The molecule has 0 saturated carbocycles. The minimum atomic E-state index is -1.03. The molecule has 0 bridgehead atoms. The summed E-state index contributed by atoms with van der Waals surface area (Å²) in [6, 6.07) is 0. The number of aromatic nitrogens is 2. The van der Waals surface area contributed by atoms with Crippen molar-refractivity contribution in [2.75, 3.05) is 6.61 Å². The second-order valence-corrected chi connectivity index (χ2v) is 2.73. The van der Waals surface area contributed by atoms with E-state index in [-0.39, 0.29) is 11.7 Å². The van der Waals surface area contributed by atoms with Crippen molar-refractivity contribution in [1.82, 2.24) is 9.97 Å². The quantitative estimate of drug-likeness (QED) is 0.785. The van der Waals surface area contributed by atoms with E-state index in [1.165, 1.54) is 12.4 Å². The van der Waals surface area contributed by atoms with E-state index in [0.717, 1.165) is 0 Å². The Hall–Kier alpha value is -1.49. The summed E-state index contributed by atoms with van der Waals surface area (Å²) in [5.41, 5.74) is 0.0810. The number of rotatable bonds is 4. The molecule has 14 heavy (non-hydrogen) atoms. The summed E-state index contributed by atoms with van der Waals surface area (Å²) < 4.78 is 5.26. The molecule has 0 fully saturated rings. The van der Waals surface area contributed by atoms with Crippen LogP contribution in [0, 0.1) is 0 Å². The predicted octanol–water partition coefficient (Wildman–Crippen LogP) is 1.27. The van der Waals surface area contributed by atoms with Crippen LogP contribution in [0.4, 0.5) is 0 Å². The van der Waals surface area contributed by atoms with Gasteiger partial charge < -0.3 is 9.84 Å². The Labute approximate surface area is 81.8 Å². The summed E-state index contributed by atoms with van der Waals surface area (Å²) in [5.74, 6) is -0.530. The number of aromatic carboxylic acids is 1. The van der Waals surface area contributed by atoms with Crippen molar-refractivity contribution in [2.45, 2.75) is 20.0 Å². The summed E-state index contributed by atoms with van der Waals surface area (Å²) in [5, 5.41) is 8.61. The molecule has 0 aliphatic carbocycles. The number of carboxylic acid groups (broad SMARTS) is 1. The maximum Gasteiger partial charge on any atom is 0.338 e. The molecule has 0 aliphatic rings. The van der Waals surface area contributed by atoms with Gasteiger partial charge in [0.05, 0.1) is 5.56 Å². The van der Waals surface area contributed by atoms with E-state index in [1.807, 2.05) is 13.8 Å². The van der Waals surface area contributed by atoms with E-state index in [0.29, 0.717) is 12.4 Å². The number of ether oxygens (including phenoxy) is 1. The van der Waals surface area contributed by atoms with Gasteiger partial charge in [0.15, 0.2) is 5.82 Å². The van der Waals surface area contributed by atoms with Crippen molar-refractivity contribution in [1.29, 1.82) is 0 Å². The van der Waals surface area contributed by atoms with Crippen molar-refractivity contribution >= 4 is 5.97 Å². The van der Waals surface area contributed by atoms with Gasteiger partial charge in [-0.3, -0.25) is 0 Å². The maximum absolute atomic E-state index is 10.5. The second-order valence-electron chi connectivity index (χ2n) is 2.73. The van der Waals surface area contributed by atoms with E-state index in [9.17, 15) is 4.79 Å². The lowest BCUT2D eigenvalue weighted by Gasteiger charge is -2.09. The van der Waals surface area contributed by atoms with Crippen LogP contribution in [0.15, 0.2) is 12.4 Å². The Morgan fingerprint density at radius 2 is 2.14 bits per heavy atom. The molecule has 1 unspecified atom stereocenters.